The average Bonchev–Trinajstić information content (AvgIpc) is 1.85. The van der Waals surface area contributed by atoms with Crippen molar-refractivity contribution in [2.45, 2.75) is 6.42 Å². The van der Waals surface area contributed by atoms with Crippen LogP contribution in [0.3, 0.4) is 0 Å². The molecule has 0 spiro atoms. The first-order valence-electron chi connectivity index (χ1n) is 2.41. The van der Waals surface area contributed by atoms with E-state index in [1.807, 2.05) is 0 Å². The van der Waals surface area contributed by atoms with Crippen LogP contribution in [-0.4, -0.2) is 29.9 Å². The Kier molecular flexibility index (Phi) is 3.10. The van der Waals surface area contributed by atoms with Crippen molar-refractivity contribution in [3.05, 3.63) is 0 Å². The van der Waals surface area contributed by atoms with Crippen LogP contribution in [0.15, 0.2) is 0 Å². The Hall–Kier alpha value is -1.39. The van der Waals surface area contributed by atoms with Gasteiger partial charge in [-0.2, -0.15) is 0 Å². The number of carboxylic acids is 1. The maximum atomic E-state index is 10.3. The molecule has 0 bridgehead atoms. The molecule has 0 radical (unpaired) electrons. The van der Waals surface area contributed by atoms with Gasteiger partial charge in [0.1, 0.15) is 6.42 Å². The molecule has 0 unspecified atom stereocenters. The highest BCUT2D eigenvalue weighted by molar-refractivity contribution is 6.36. The van der Waals surface area contributed by atoms with Crippen LogP contribution in [0.5, 0.6) is 0 Å². The second kappa shape index (κ2) is 3.60. The number of hydrogen-bond acceptors (Lipinski definition) is 4. The molecular weight excluding hydrogens is 140 g/mol. The van der Waals surface area contributed by atoms with E-state index in [0.29, 0.717) is 0 Å². The molecule has 10 heavy (non-hydrogen) atoms. The predicted molar refractivity (Wildman–Crippen MR) is 29.3 cm³/mol. The smallest absolute Gasteiger partial charge is 0.374 e. The molecule has 0 atom stereocenters. The summed E-state index contributed by atoms with van der Waals surface area (Å²) in [5.74, 6) is -3.51. The van der Waals surface area contributed by atoms with Gasteiger partial charge < -0.3 is 9.84 Å². The Morgan fingerprint density at radius 2 is 1.90 bits per heavy atom. The summed E-state index contributed by atoms with van der Waals surface area (Å²) in [5.41, 5.74) is 0. The number of methoxy groups -OCH3 is 1. The number of carboxylic acid groups (broad SMARTS) is 1. The van der Waals surface area contributed by atoms with Crippen molar-refractivity contribution in [1.29, 1.82) is 0 Å². The van der Waals surface area contributed by atoms with Gasteiger partial charge in [0.05, 0.1) is 7.11 Å². The largest absolute Gasteiger partial charge is 0.481 e. The van der Waals surface area contributed by atoms with E-state index < -0.39 is 24.1 Å². The summed E-state index contributed by atoms with van der Waals surface area (Å²) < 4.78 is 3.96. The minimum atomic E-state index is -1.34. The van der Waals surface area contributed by atoms with E-state index in [4.69, 9.17) is 5.11 Å². The predicted octanol–water partition coefficient (Wildman–Crippen LogP) is -0.797. The van der Waals surface area contributed by atoms with Crippen LogP contribution in [0, 0.1) is 0 Å². The Balaban J connectivity index is 3.86. The van der Waals surface area contributed by atoms with Crippen molar-refractivity contribution < 1.29 is 24.2 Å². The highest BCUT2D eigenvalue weighted by Gasteiger charge is 2.16. The first-order chi connectivity index (χ1) is 4.57. The van der Waals surface area contributed by atoms with E-state index in [1.54, 1.807) is 0 Å². The molecule has 0 saturated heterocycles. The Morgan fingerprint density at radius 1 is 1.40 bits per heavy atom. The van der Waals surface area contributed by atoms with Gasteiger partial charge in [-0.25, -0.2) is 4.79 Å². The number of hydrogen-bond donors (Lipinski definition) is 1. The van der Waals surface area contributed by atoms with E-state index >= 15 is 0 Å². The van der Waals surface area contributed by atoms with Crippen molar-refractivity contribution in [2.75, 3.05) is 7.11 Å². The number of Topliss-reactive ketones (excluding diaryl/α,β-unsaturated/α-hetero) is 1. The molecule has 0 heterocycles. The van der Waals surface area contributed by atoms with Crippen LogP contribution < -0.4 is 0 Å². The highest BCUT2D eigenvalue weighted by atomic mass is 16.5. The molecule has 0 fully saturated rings. The van der Waals surface area contributed by atoms with Crippen LogP contribution in [0.25, 0.3) is 0 Å². The molecule has 0 rings (SSSR count). The third-order valence-corrected chi connectivity index (χ3v) is 0.725. The summed E-state index contributed by atoms with van der Waals surface area (Å²) in [7, 11) is 1.02. The molecule has 5 heteroatoms. The number of esters is 1. The number of ketones is 1. The first-order valence-corrected chi connectivity index (χ1v) is 2.41. The lowest BCUT2D eigenvalue weighted by Gasteiger charge is -1.92. The van der Waals surface area contributed by atoms with Gasteiger partial charge in [-0.05, 0) is 0 Å². The molecule has 0 saturated carbocycles. The molecule has 1 N–H and O–H groups in total. The second-order valence-corrected chi connectivity index (χ2v) is 1.49. The van der Waals surface area contributed by atoms with Crippen molar-refractivity contribution in [1.82, 2.24) is 0 Å². The molecule has 5 nitrogen and oxygen atoms in total. The van der Waals surface area contributed by atoms with E-state index in [9.17, 15) is 14.4 Å². The van der Waals surface area contributed by atoms with Gasteiger partial charge in [-0.3, -0.25) is 9.59 Å². The minimum absolute atomic E-state index is 0.813. The molecule has 0 aliphatic heterocycles. The zero-order valence-electron chi connectivity index (χ0n) is 5.29. The zero-order chi connectivity index (χ0) is 8.15. The zero-order valence-corrected chi connectivity index (χ0v) is 5.29. The number of rotatable bonds is 3. The van der Waals surface area contributed by atoms with Gasteiger partial charge in [0.25, 0.3) is 5.78 Å². The SMILES string of the molecule is COC(=O)C(=O)CC(=O)O. The van der Waals surface area contributed by atoms with E-state index in [2.05, 4.69) is 4.74 Å². The van der Waals surface area contributed by atoms with Crippen molar-refractivity contribution in [3.63, 3.8) is 0 Å². The van der Waals surface area contributed by atoms with Crippen LogP contribution in [0.4, 0.5) is 0 Å². The van der Waals surface area contributed by atoms with Gasteiger partial charge >= 0.3 is 11.9 Å². The summed E-state index contributed by atoms with van der Waals surface area (Å²) in [6, 6.07) is 0. The average molecular weight is 146 g/mol. The minimum Gasteiger partial charge on any atom is -0.481 e. The quantitative estimate of drug-likeness (QED) is 0.320. The van der Waals surface area contributed by atoms with Crippen LogP contribution >= 0.6 is 0 Å². The molecule has 0 amide bonds. The van der Waals surface area contributed by atoms with E-state index in [-0.39, 0.29) is 0 Å². The standard InChI is InChI=1S/C5H6O5/c1-10-5(9)3(6)2-4(7)8/h2H2,1H3,(H,7,8). The first kappa shape index (κ1) is 8.61. The van der Waals surface area contributed by atoms with Crippen LogP contribution in [0.2, 0.25) is 0 Å². The van der Waals surface area contributed by atoms with Gasteiger partial charge in [0.15, 0.2) is 0 Å². The van der Waals surface area contributed by atoms with Crippen molar-refractivity contribution >= 4 is 17.7 Å². The summed E-state index contributed by atoms with van der Waals surface area (Å²) in [6.45, 7) is 0. The molecule has 0 aromatic rings. The topological polar surface area (TPSA) is 80.7 Å². The van der Waals surface area contributed by atoms with Gasteiger partial charge in [-0.15, -0.1) is 0 Å². The number of aliphatic carboxylic acids is 1. The third kappa shape index (κ3) is 2.81. The van der Waals surface area contributed by atoms with Gasteiger partial charge in [0, 0.05) is 0 Å². The van der Waals surface area contributed by atoms with Crippen LogP contribution in [0.1, 0.15) is 6.42 Å². The third-order valence-electron chi connectivity index (χ3n) is 0.725. The number of carbonyl (C=O) groups is 3. The fourth-order valence-electron chi connectivity index (χ4n) is 0.323. The number of carbonyl (C=O) groups excluding carboxylic acids is 2. The summed E-state index contributed by atoms with van der Waals surface area (Å²) >= 11 is 0. The lowest BCUT2D eigenvalue weighted by molar-refractivity contribution is -0.154. The molecular formula is C5H6O5. The lowest BCUT2D eigenvalue weighted by Crippen LogP contribution is -2.18. The molecule has 0 aromatic heterocycles. The second-order valence-electron chi connectivity index (χ2n) is 1.49. The Labute approximate surface area is 56.6 Å². The summed E-state index contributed by atoms with van der Waals surface area (Å²) in [5, 5.41) is 8.00. The molecule has 0 aromatic carbocycles. The fraction of sp³-hybridized carbons (Fsp3) is 0.400. The van der Waals surface area contributed by atoms with Gasteiger partial charge in [-0.1, -0.05) is 0 Å². The van der Waals surface area contributed by atoms with Crippen molar-refractivity contribution in [2.24, 2.45) is 0 Å². The summed E-state index contributed by atoms with van der Waals surface area (Å²) in [6.07, 6.45) is -0.813. The fourth-order valence-corrected chi connectivity index (χ4v) is 0.323. The lowest BCUT2D eigenvalue weighted by atomic mass is 10.3. The Morgan fingerprint density at radius 3 is 2.20 bits per heavy atom. The van der Waals surface area contributed by atoms with E-state index in [0.717, 1.165) is 7.11 Å². The monoisotopic (exact) mass is 146 g/mol. The highest BCUT2D eigenvalue weighted by Crippen LogP contribution is 1.85. The maximum Gasteiger partial charge on any atom is 0.374 e. The number of ether oxygens (including phenoxy) is 1. The summed E-state index contributed by atoms with van der Waals surface area (Å²) in [4.78, 5) is 30.3. The Bertz CT molecular complexity index is 171. The normalized spacial score (nSPS) is 8.50. The maximum absolute atomic E-state index is 10.3. The molecule has 0 aliphatic rings. The van der Waals surface area contributed by atoms with Gasteiger partial charge in [0.2, 0.25) is 0 Å². The van der Waals surface area contributed by atoms with Crippen molar-refractivity contribution in [3.8, 4) is 0 Å². The molecule has 56 valence electrons. The van der Waals surface area contributed by atoms with E-state index in [1.165, 1.54) is 0 Å². The molecule has 0 aliphatic carbocycles. The van der Waals surface area contributed by atoms with Crippen LogP contribution in [-0.2, 0) is 19.1 Å².